The first-order valence-corrected chi connectivity index (χ1v) is 14.9. The number of rotatable bonds is 12. The summed E-state index contributed by atoms with van der Waals surface area (Å²) in [5.74, 6) is -1.03. The fourth-order valence-electron chi connectivity index (χ4n) is 4.76. The second kappa shape index (κ2) is 12.8. The van der Waals surface area contributed by atoms with E-state index < -0.39 is 22.1 Å². The van der Waals surface area contributed by atoms with Gasteiger partial charge in [0.25, 0.3) is 0 Å². The van der Waals surface area contributed by atoms with Crippen molar-refractivity contribution in [1.29, 1.82) is 0 Å². The molecular weight excluding hydrogens is 536 g/mol. The molecule has 8 heteroatoms. The number of aliphatic hydroxyl groups is 1. The van der Waals surface area contributed by atoms with Gasteiger partial charge < -0.3 is 15.5 Å². The average Bonchev–Trinajstić information content (AvgIpc) is 2.95. The van der Waals surface area contributed by atoms with E-state index in [1.807, 2.05) is 30.3 Å². The zero-order chi connectivity index (χ0) is 29.6. The minimum atomic E-state index is -3.81. The summed E-state index contributed by atoms with van der Waals surface area (Å²) in [5.41, 5.74) is 3.24. The lowest BCUT2D eigenvalue weighted by molar-refractivity contribution is -0.131. The molecule has 0 aromatic heterocycles. The van der Waals surface area contributed by atoms with E-state index in [4.69, 9.17) is 5.11 Å². The highest BCUT2D eigenvalue weighted by atomic mass is 32.2. The van der Waals surface area contributed by atoms with Gasteiger partial charge in [0.1, 0.15) is 0 Å². The summed E-state index contributed by atoms with van der Waals surface area (Å²) in [6.45, 7) is 4.32. The molecule has 0 saturated heterocycles. The molecule has 4 aromatic carbocycles. The molecule has 214 valence electrons. The minimum absolute atomic E-state index is 0.0545. The van der Waals surface area contributed by atoms with E-state index in [-0.39, 0.29) is 23.5 Å². The molecule has 0 saturated carbocycles. The van der Waals surface area contributed by atoms with Gasteiger partial charge in [0.05, 0.1) is 11.0 Å². The molecule has 0 spiro atoms. The molecule has 3 N–H and O–H groups in total. The predicted molar refractivity (Wildman–Crippen MR) is 164 cm³/mol. The number of sulfonamides is 1. The van der Waals surface area contributed by atoms with Gasteiger partial charge in [0.15, 0.2) is 0 Å². The van der Waals surface area contributed by atoms with E-state index in [9.17, 15) is 18.3 Å². The Morgan fingerprint density at radius 2 is 1.63 bits per heavy atom. The topological polar surface area (TPSA) is 107 Å². The second-order valence-corrected chi connectivity index (χ2v) is 12.9. The quantitative estimate of drug-likeness (QED) is 0.202. The van der Waals surface area contributed by atoms with Crippen LogP contribution in [0.2, 0.25) is 0 Å². The van der Waals surface area contributed by atoms with Crippen molar-refractivity contribution >= 4 is 32.8 Å². The Bertz CT molecular complexity index is 1650. The van der Waals surface area contributed by atoms with Gasteiger partial charge in [0.2, 0.25) is 10.0 Å². The molecular formula is C33H36N2O5S. The first kappa shape index (κ1) is 30.1. The molecule has 1 atom stereocenters. The van der Waals surface area contributed by atoms with Gasteiger partial charge >= 0.3 is 5.97 Å². The van der Waals surface area contributed by atoms with Crippen LogP contribution >= 0.6 is 0 Å². The monoisotopic (exact) mass is 572 g/mol. The third-order valence-electron chi connectivity index (χ3n) is 6.94. The van der Waals surface area contributed by atoms with Crippen LogP contribution < -0.4 is 5.32 Å². The molecule has 0 radical (unpaired) electrons. The van der Waals surface area contributed by atoms with E-state index in [1.165, 1.54) is 45.9 Å². The van der Waals surface area contributed by atoms with Gasteiger partial charge in [-0.3, -0.25) is 0 Å². The predicted octanol–water partition coefficient (Wildman–Crippen LogP) is 5.20. The molecule has 4 rings (SSSR count). The zero-order valence-corrected chi connectivity index (χ0v) is 24.3. The van der Waals surface area contributed by atoms with Crippen LogP contribution in [0.5, 0.6) is 0 Å². The molecule has 1 unspecified atom stereocenters. The number of nitrogens with zero attached hydrogens (tertiary/aromatic N) is 1. The number of carboxylic acid groups (broad SMARTS) is 1. The standard InChI is InChI=1S/C33H36N2O5S/c1-33(2,21-25-11-13-26-8-4-5-9-28(26)20-25)34-22-30(36)23-35(3)41(39,40)31-16-14-27(15-17-31)29-10-6-7-24(19-29)12-18-32(37)38/h4-20,30,34,36H,21-23H2,1-3H3,(H,37,38). The van der Waals surface area contributed by atoms with Crippen molar-refractivity contribution in [2.75, 3.05) is 20.1 Å². The number of fused-ring (bicyclic) bond motifs is 1. The van der Waals surface area contributed by atoms with Gasteiger partial charge in [-0.05, 0) is 77.6 Å². The molecule has 0 aliphatic carbocycles. The van der Waals surface area contributed by atoms with Crippen LogP contribution in [0.3, 0.4) is 0 Å². The fraction of sp³-hybridized carbons (Fsp3) is 0.242. The number of carboxylic acids is 1. The van der Waals surface area contributed by atoms with Crippen molar-refractivity contribution < 1.29 is 23.4 Å². The second-order valence-electron chi connectivity index (χ2n) is 10.9. The highest BCUT2D eigenvalue weighted by Crippen LogP contribution is 2.24. The van der Waals surface area contributed by atoms with Crippen LogP contribution in [0.1, 0.15) is 25.0 Å². The van der Waals surface area contributed by atoms with Crippen LogP contribution in [0.4, 0.5) is 0 Å². The number of likely N-dealkylation sites (N-methyl/N-ethyl adjacent to an activating group) is 1. The van der Waals surface area contributed by atoms with E-state index in [0.717, 1.165) is 29.2 Å². The Morgan fingerprint density at radius 3 is 2.34 bits per heavy atom. The lowest BCUT2D eigenvalue weighted by Crippen LogP contribution is -2.47. The Kier molecular flexibility index (Phi) is 9.40. The number of nitrogens with one attached hydrogen (secondary N) is 1. The molecule has 0 bridgehead atoms. The van der Waals surface area contributed by atoms with Gasteiger partial charge in [-0.25, -0.2) is 13.2 Å². The maximum atomic E-state index is 13.2. The van der Waals surface area contributed by atoms with Crippen LogP contribution in [-0.2, 0) is 21.2 Å². The summed E-state index contributed by atoms with van der Waals surface area (Å²) in [7, 11) is -2.35. The van der Waals surface area contributed by atoms with Gasteiger partial charge in [-0.2, -0.15) is 4.31 Å². The van der Waals surface area contributed by atoms with Gasteiger partial charge in [-0.1, -0.05) is 72.8 Å². The van der Waals surface area contributed by atoms with E-state index in [1.54, 1.807) is 18.2 Å². The lowest BCUT2D eigenvalue weighted by atomic mass is 9.93. The summed E-state index contributed by atoms with van der Waals surface area (Å²) in [6.07, 6.45) is 2.43. The van der Waals surface area contributed by atoms with Crippen molar-refractivity contribution in [1.82, 2.24) is 9.62 Å². The van der Waals surface area contributed by atoms with Crippen LogP contribution in [0, 0.1) is 0 Å². The summed E-state index contributed by atoms with van der Waals surface area (Å²) < 4.78 is 27.6. The van der Waals surface area contributed by atoms with E-state index in [0.29, 0.717) is 0 Å². The molecule has 0 heterocycles. The Hall–Kier alpha value is -3.82. The molecule has 7 nitrogen and oxygen atoms in total. The first-order chi connectivity index (χ1) is 19.4. The Morgan fingerprint density at radius 1 is 0.927 bits per heavy atom. The van der Waals surface area contributed by atoms with Gasteiger partial charge in [-0.15, -0.1) is 0 Å². The van der Waals surface area contributed by atoms with E-state index >= 15 is 0 Å². The number of hydrogen-bond donors (Lipinski definition) is 3. The highest BCUT2D eigenvalue weighted by Gasteiger charge is 2.25. The first-order valence-electron chi connectivity index (χ1n) is 13.4. The maximum Gasteiger partial charge on any atom is 0.328 e. The zero-order valence-electron chi connectivity index (χ0n) is 23.5. The molecule has 0 amide bonds. The number of aliphatic carboxylic acids is 1. The average molecular weight is 573 g/mol. The largest absolute Gasteiger partial charge is 0.478 e. The SMILES string of the molecule is CN(CC(O)CNC(C)(C)Cc1ccc2ccccc2c1)S(=O)(=O)c1ccc(-c2cccc(C=CC(=O)O)c2)cc1. The normalized spacial score (nSPS) is 13.2. The van der Waals surface area contributed by atoms with Crippen molar-refractivity contribution in [2.24, 2.45) is 0 Å². The molecule has 4 aromatic rings. The van der Waals surface area contributed by atoms with Crippen LogP contribution in [0.25, 0.3) is 28.0 Å². The lowest BCUT2D eigenvalue weighted by Gasteiger charge is -2.29. The third-order valence-corrected chi connectivity index (χ3v) is 8.78. The maximum absolute atomic E-state index is 13.2. The summed E-state index contributed by atoms with van der Waals surface area (Å²) in [6, 6.07) is 28.4. The summed E-state index contributed by atoms with van der Waals surface area (Å²) in [5, 5.41) is 25.3. The number of hydrogen-bond acceptors (Lipinski definition) is 5. The van der Waals surface area contributed by atoms with Crippen molar-refractivity contribution in [3.63, 3.8) is 0 Å². The summed E-state index contributed by atoms with van der Waals surface area (Å²) >= 11 is 0. The van der Waals surface area contributed by atoms with Crippen LogP contribution in [-0.4, -0.2) is 60.7 Å². The highest BCUT2D eigenvalue weighted by molar-refractivity contribution is 7.89. The molecule has 0 aliphatic heterocycles. The van der Waals surface area contributed by atoms with Gasteiger partial charge in [0, 0.05) is 31.8 Å². The number of carbonyl (C=O) groups is 1. The summed E-state index contributed by atoms with van der Waals surface area (Å²) in [4.78, 5) is 10.9. The fourth-order valence-corrected chi connectivity index (χ4v) is 5.97. The van der Waals surface area contributed by atoms with Crippen molar-refractivity contribution in [3.8, 4) is 11.1 Å². The van der Waals surface area contributed by atoms with Crippen molar-refractivity contribution in [2.45, 2.75) is 36.8 Å². The number of β-amino-alcohol motifs (C(OH)–C–C–N with tert-alkyl or cyclic N) is 1. The minimum Gasteiger partial charge on any atom is -0.478 e. The number of aliphatic hydroxyl groups excluding tert-OH is 1. The molecule has 0 aliphatic rings. The smallest absolute Gasteiger partial charge is 0.328 e. The molecule has 41 heavy (non-hydrogen) atoms. The van der Waals surface area contributed by atoms with E-state index in [2.05, 4.69) is 49.5 Å². The number of benzene rings is 4. The van der Waals surface area contributed by atoms with Crippen molar-refractivity contribution in [3.05, 3.63) is 108 Å². The Labute approximate surface area is 241 Å². The third kappa shape index (κ3) is 8.11. The molecule has 0 fully saturated rings. The van der Waals surface area contributed by atoms with Crippen LogP contribution in [0.15, 0.2) is 102 Å². The Balaban J connectivity index is 1.34.